The Balaban J connectivity index is 4.10. The summed E-state index contributed by atoms with van der Waals surface area (Å²) in [5.41, 5.74) is 0. The van der Waals surface area contributed by atoms with E-state index in [0.29, 0.717) is 12.2 Å². The Morgan fingerprint density at radius 1 is 1.37 bits per heavy atom. The lowest BCUT2D eigenvalue weighted by Gasteiger charge is -2.14. The van der Waals surface area contributed by atoms with Gasteiger partial charge in [-0.15, -0.1) is 0 Å². The summed E-state index contributed by atoms with van der Waals surface area (Å²) < 4.78 is 24.3. The monoisotopic (exact) mass is 313 g/mol. The van der Waals surface area contributed by atoms with Crippen LogP contribution in [0.1, 0.15) is 6.42 Å². The first-order valence-electron chi connectivity index (χ1n) is 5.49. The van der Waals surface area contributed by atoms with Gasteiger partial charge in [0.25, 0.3) is 0 Å². The fourth-order valence-electron chi connectivity index (χ4n) is 1.10. The fourth-order valence-corrected chi connectivity index (χ4v) is 2.15. The van der Waals surface area contributed by atoms with Crippen molar-refractivity contribution in [2.45, 2.75) is 12.5 Å². The van der Waals surface area contributed by atoms with Crippen LogP contribution < -0.4 is 15.4 Å². The molecule has 0 bridgehead atoms. The summed E-state index contributed by atoms with van der Waals surface area (Å²) in [5, 5.41) is 13.5. The van der Waals surface area contributed by atoms with Crippen molar-refractivity contribution in [2.24, 2.45) is 0 Å². The highest BCUT2D eigenvalue weighted by molar-refractivity contribution is 7.98. The summed E-state index contributed by atoms with van der Waals surface area (Å²) >= 11 is 1.48. The molecule has 1 unspecified atom stereocenters. The molecule has 0 aromatic carbocycles. The average molecular weight is 313 g/mol. The summed E-state index contributed by atoms with van der Waals surface area (Å²) in [5.74, 6) is -0.780. The van der Waals surface area contributed by atoms with Crippen LogP contribution >= 0.6 is 11.8 Å². The van der Waals surface area contributed by atoms with E-state index < -0.39 is 28.1 Å². The number of hydrogen-bond acceptors (Lipinski definition) is 5. The normalized spacial score (nSPS) is 12.7. The predicted molar refractivity (Wildman–Crippen MR) is 73.8 cm³/mol. The molecule has 2 amide bonds. The molecule has 4 N–H and O–H groups in total. The molecule has 10 heteroatoms. The minimum atomic E-state index is -3.39. The molecule has 0 heterocycles. The number of aliphatic carboxylic acids is 1. The molecule has 0 fully saturated rings. The highest BCUT2D eigenvalue weighted by Gasteiger charge is 2.19. The Hall–Kier alpha value is -1.00. The van der Waals surface area contributed by atoms with Crippen molar-refractivity contribution in [3.8, 4) is 0 Å². The van der Waals surface area contributed by atoms with E-state index in [-0.39, 0.29) is 12.3 Å². The van der Waals surface area contributed by atoms with Gasteiger partial charge < -0.3 is 15.7 Å². The van der Waals surface area contributed by atoms with Crippen molar-refractivity contribution >= 4 is 33.8 Å². The number of carbonyl (C=O) groups excluding carboxylic acids is 1. The van der Waals surface area contributed by atoms with E-state index in [0.717, 1.165) is 0 Å². The minimum Gasteiger partial charge on any atom is -0.480 e. The Bertz CT molecular complexity index is 399. The number of thioether (sulfide) groups is 1. The zero-order chi connectivity index (χ0) is 14.9. The second-order valence-corrected chi connectivity index (χ2v) is 6.63. The van der Waals surface area contributed by atoms with Crippen LogP contribution in [0.4, 0.5) is 4.79 Å². The lowest BCUT2D eigenvalue weighted by Crippen LogP contribution is -2.47. The highest BCUT2D eigenvalue weighted by Crippen LogP contribution is 2.00. The first kappa shape index (κ1) is 18.0. The van der Waals surface area contributed by atoms with E-state index in [1.807, 2.05) is 6.26 Å². The molecule has 8 nitrogen and oxygen atoms in total. The Kier molecular flexibility index (Phi) is 8.52. The highest BCUT2D eigenvalue weighted by atomic mass is 32.2. The SMILES string of the molecule is CNS(=O)(=O)CCNC(=O)NC(CCSC)C(=O)O. The Labute approximate surface area is 116 Å². The van der Waals surface area contributed by atoms with E-state index >= 15 is 0 Å². The van der Waals surface area contributed by atoms with Crippen LogP contribution in [0.3, 0.4) is 0 Å². The lowest BCUT2D eigenvalue weighted by molar-refractivity contribution is -0.139. The molecule has 0 saturated heterocycles. The topological polar surface area (TPSA) is 125 Å². The van der Waals surface area contributed by atoms with Crippen molar-refractivity contribution in [3.05, 3.63) is 0 Å². The first-order chi connectivity index (χ1) is 8.82. The van der Waals surface area contributed by atoms with E-state index in [4.69, 9.17) is 5.11 Å². The lowest BCUT2D eigenvalue weighted by atomic mass is 10.2. The van der Waals surface area contributed by atoms with Crippen molar-refractivity contribution in [1.82, 2.24) is 15.4 Å². The van der Waals surface area contributed by atoms with E-state index in [9.17, 15) is 18.0 Å². The zero-order valence-corrected chi connectivity index (χ0v) is 12.4. The van der Waals surface area contributed by atoms with Gasteiger partial charge in [0.05, 0.1) is 5.75 Å². The van der Waals surface area contributed by atoms with Crippen molar-refractivity contribution in [2.75, 3.05) is 31.4 Å². The van der Waals surface area contributed by atoms with E-state index in [1.54, 1.807) is 0 Å². The Morgan fingerprint density at radius 2 is 2.00 bits per heavy atom. The molecule has 0 saturated carbocycles. The van der Waals surface area contributed by atoms with Gasteiger partial charge in [-0.05, 0) is 25.5 Å². The number of carbonyl (C=O) groups is 2. The van der Waals surface area contributed by atoms with Gasteiger partial charge in [0, 0.05) is 6.54 Å². The first-order valence-corrected chi connectivity index (χ1v) is 8.54. The number of rotatable bonds is 9. The summed E-state index contributed by atoms with van der Waals surface area (Å²) in [6.45, 7) is -0.0934. The minimum absolute atomic E-state index is 0.0934. The summed E-state index contributed by atoms with van der Waals surface area (Å²) in [4.78, 5) is 22.3. The maximum Gasteiger partial charge on any atom is 0.326 e. The van der Waals surface area contributed by atoms with Gasteiger partial charge in [-0.1, -0.05) is 0 Å². The molecule has 0 radical (unpaired) electrons. The van der Waals surface area contributed by atoms with Crippen molar-refractivity contribution in [1.29, 1.82) is 0 Å². The van der Waals surface area contributed by atoms with Crippen LogP contribution in [-0.2, 0) is 14.8 Å². The van der Waals surface area contributed by atoms with Crippen LogP contribution in [0, 0.1) is 0 Å². The Morgan fingerprint density at radius 3 is 2.47 bits per heavy atom. The van der Waals surface area contributed by atoms with Gasteiger partial charge in [0.15, 0.2) is 0 Å². The number of sulfonamides is 1. The molecule has 0 spiro atoms. The van der Waals surface area contributed by atoms with Gasteiger partial charge in [-0.2, -0.15) is 11.8 Å². The molecule has 112 valence electrons. The number of carboxylic acids is 1. The third kappa shape index (κ3) is 8.67. The van der Waals surface area contributed by atoms with Crippen molar-refractivity contribution in [3.63, 3.8) is 0 Å². The molecule has 0 aliphatic carbocycles. The second kappa shape index (κ2) is 8.99. The molecule has 0 aromatic heterocycles. The van der Waals surface area contributed by atoms with Crippen LogP contribution in [0.5, 0.6) is 0 Å². The number of amides is 2. The summed E-state index contributed by atoms with van der Waals surface area (Å²) in [6, 6.07) is -1.67. The predicted octanol–water partition coefficient (Wildman–Crippen LogP) is -0.959. The number of urea groups is 1. The van der Waals surface area contributed by atoms with Gasteiger partial charge >= 0.3 is 12.0 Å². The van der Waals surface area contributed by atoms with Gasteiger partial charge in [0.2, 0.25) is 10.0 Å². The average Bonchev–Trinajstić information content (AvgIpc) is 2.33. The molecule has 0 aliphatic rings. The smallest absolute Gasteiger partial charge is 0.326 e. The third-order valence-corrected chi connectivity index (χ3v) is 4.19. The van der Waals surface area contributed by atoms with Crippen molar-refractivity contribution < 1.29 is 23.1 Å². The fraction of sp³-hybridized carbons (Fsp3) is 0.778. The maximum absolute atomic E-state index is 11.4. The van der Waals surface area contributed by atoms with Crippen LogP contribution in [0.2, 0.25) is 0 Å². The maximum atomic E-state index is 11.4. The van der Waals surface area contributed by atoms with Crippen LogP contribution in [0.25, 0.3) is 0 Å². The zero-order valence-electron chi connectivity index (χ0n) is 10.8. The third-order valence-electron chi connectivity index (χ3n) is 2.18. The number of nitrogens with one attached hydrogen (secondary N) is 3. The molecule has 0 rings (SSSR count). The quantitative estimate of drug-likeness (QED) is 0.434. The van der Waals surface area contributed by atoms with E-state index in [2.05, 4.69) is 15.4 Å². The number of carboxylic acid groups (broad SMARTS) is 1. The summed E-state index contributed by atoms with van der Waals surface area (Å²) in [6.07, 6.45) is 2.14. The van der Waals surface area contributed by atoms with Gasteiger partial charge in [-0.3, -0.25) is 0 Å². The van der Waals surface area contributed by atoms with Crippen LogP contribution in [0.15, 0.2) is 0 Å². The molecule has 1 atom stereocenters. The molecular formula is C9H19N3O5S2. The van der Waals surface area contributed by atoms with Gasteiger partial charge in [-0.25, -0.2) is 22.7 Å². The second-order valence-electron chi connectivity index (χ2n) is 3.60. The van der Waals surface area contributed by atoms with Crippen LogP contribution in [-0.4, -0.2) is 62.9 Å². The molecular weight excluding hydrogens is 294 g/mol. The molecule has 19 heavy (non-hydrogen) atoms. The number of hydrogen-bond donors (Lipinski definition) is 4. The summed E-state index contributed by atoms with van der Waals surface area (Å²) in [7, 11) is -2.11. The standard InChI is InChI=1S/C9H19N3O5S2/c1-10-19(16,17)6-4-11-9(15)12-7(8(13)14)3-5-18-2/h7,10H,3-6H2,1-2H3,(H,13,14)(H2,11,12,15). The van der Waals surface area contributed by atoms with Gasteiger partial charge in [0.1, 0.15) is 6.04 Å². The largest absolute Gasteiger partial charge is 0.480 e. The molecule has 0 aliphatic heterocycles. The molecule has 0 aromatic rings. The van der Waals surface area contributed by atoms with E-state index in [1.165, 1.54) is 18.8 Å².